The van der Waals surface area contributed by atoms with Crippen molar-refractivity contribution in [2.24, 2.45) is 5.92 Å². The zero-order valence-electron chi connectivity index (χ0n) is 11.4. The standard InChI is InChI=1S/C12H21N3O4/c1-13-12(18)14-10(16)5-7-15-6-3-4-9(8-15)11(17)19-2/h9H,3-8H2,1-2H3,(H2,13,14,16,18)/t9-/m0/s1. The highest BCUT2D eigenvalue weighted by molar-refractivity contribution is 5.94. The molecule has 0 saturated carbocycles. The molecule has 0 aliphatic carbocycles. The molecule has 1 fully saturated rings. The Hall–Kier alpha value is -1.63. The number of nitrogens with one attached hydrogen (secondary N) is 2. The van der Waals surface area contributed by atoms with E-state index in [1.54, 1.807) is 0 Å². The average Bonchev–Trinajstić information content (AvgIpc) is 2.44. The first-order valence-electron chi connectivity index (χ1n) is 6.38. The number of piperidine rings is 1. The van der Waals surface area contributed by atoms with Crippen LogP contribution in [-0.4, -0.2) is 56.6 Å². The Morgan fingerprint density at radius 3 is 2.74 bits per heavy atom. The highest BCUT2D eigenvalue weighted by Crippen LogP contribution is 2.17. The number of ether oxygens (including phenoxy) is 1. The van der Waals surface area contributed by atoms with Crippen LogP contribution in [0.15, 0.2) is 0 Å². The maximum atomic E-state index is 11.5. The molecule has 19 heavy (non-hydrogen) atoms. The number of esters is 1. The normalized spacial score (nSPS) is 19.6. The number of imide groups is 1. The minimum absolute atomic E-state index is 0.110. The average molecular weight is 271 g/mol. The van der Waals surface area contributed by atoms with Crippen LogP contribution in [0, 0.1) is 5.92 Å². The van der Waals surface area contributed by atoms with Gasteiger partial charge in [-0.15, -0.1) is 0 Å². The Kier molecular flexibility index (Phi) is 6.27. The molecular weight excluding hydrogens is 250 g/mol. The van der Waals surface area contributed by atoms with Gasteiger partial charge in [-0.3, -0.25) is 14.9 Å². The molecule has 0 spiro atoms. The largest absolute Gasteiger partial charge is 0.469 e. The number of carbonyl (C=O) groups is 3. The molecule has 1 aliphatic rings. The van der Waals surface area contributed by atoms with Crippen LogP contribution in [0.1, 0.15) is 19.3 Å². The molecule has 1 saturated heterocycles. The summed E-state index contributed by atoms with van der Waals surface area (Å²) in [6.07, 6.45) is 1.98. The number of carbonyl (C=O) groups excluding carboxylic acids is 3. The van der Waals surface area contributed by atoms with E-state index in [4.69, 9.17) is 4.74 Å². The molecule has 1 atom stereocenters. The first-order chi connectivity index (χ1) is 9.06. The molecule has 0 aromatic rings. The SMILES string of the molecule is CNC(=O)NC(=O)CCN1CCC[C@H](C(=O)OC)C1. The molecular formula is C12H21N3O4. The lowest BCUT2D eigenvalue weighted by molar-refractivity contribution is -0.147. The van der Waals surface area contributed by atoms with E-state index >= 15 is 0 Å². The third-order valence-corrected chi connectivity index (χ3v) is 3.18. The summed E-state index contributed by atoms with van der Waals surface area (Å²) in [4.78, 5) is 35.9. The number of hydrogen-bond donors (Lipinski definition) is 2. The summed E-state index contributed by atoms with van der Waals surface area (Å²) in [6.45, 7) is 2.01. The van der Waals surface area contributed by atoms with Gasteiger partial charge >= 0.3 is 12.0 Å². The van der Waals surface area contributed by atoms with Gasteiger partial charge in [0, 0.05) is 26.6 Å². The fraction of sp³-hybridized carbons (Fsp3) is 0.750. The molecule has 7 nitrogen and oxygen atoms in total. The van der Waals surface area contributed by atoms with Crippen molar-refractivity contribution in [3.63, 3.8) is 0 Å². The lowest BCUT2D eigenvalue weighted by atomic mass is 9.98. The van der Waals surface area contributed by atoms with Gasteiger partial charge in [-0.05, 0) is 19.4 Å². The molecule has 108 valence electrons. The van der Waals surface area contributed by atoms with Crippen LogP contribution < -0.4 is 10.6 Å². The second kappa shape index (κ2) is 7.73. The second-order valence-electron chi connectivity index (χ2n) is 4.54. The predicted molar refractivity (Wildman–Crippen MR) is 68.4 cm³/mol. The zero-order valence-corrected chi connectivity index (χ0v) is 11.4. The van der Waals surface area contributed by atoms with Gasteiger partial charge in [-0.2, -0.15) is 0 Å². The molecule has 1 aliphatic heterocycles. The fourth-order valence-corrected chi connectivity index (χ4v) is 2.13. The monoisotopic (exact) mass is 271 g/mol. The quantitative estimate of drug-likeness (QED) is 0.686. The molecule has 1 heterocycles. The predicted octanol–water partition coefficient (Wildman–Crippen LogP) is -0.283. The topological polar surface area (TPSA) is 87.7 Å². The Bertz CT molecular complexity index is 346. The summed E-state index contributed by atoms with van der Waals surface area (Å²) in [5, 5.41) is 4.52. The van der Waals surface area contributed by atoms with Gasteiger partial charge in [0.1, 0.15) is 0 Å². The van der Waals surface area contributed by atoms with Gasteiger partial charge < -0.3 is 15.0 Å². The minimum atomic E-state index is -0.504. The van der Waals surface area contributed by atoms with Crippen LogP contribution in [0.5, 0.6) is 0 Å². The first-order valence-corrected chi connectivity index (χ1v) is 6.38. The summed E-state index contributed by atoms with van der Waals surface area (Å²) in [5.41, 5.74) is 0. The maximum absolute atomic E-state index is 11.5. The molecule has 3 amide bonds. The summed E-state index contributed by atoms with van der Waals surface area (Å²) < 4.78 is 4.73. The van der Waals surface area contributed by atoms with Gasteiger partial charge in [0.2, 0.25) is 5.91 Å². The van der Waals surface area contributed by atoms with E-state index in [0.717, 1.165) is 19.4 Å². The van der Waals surface area contributed by atoms with Gasteiger partial charge in [0.25, 0.3) is 0 Å². The van der Waals surface area contributed by atoms with E-state index in [0.29, 0.717) is 13.1 Å². The maximum Gasteiger partial charge on any atom is 0.321 e. The van der Waals surface area contributed by atoms with E-state index in [1.165, 1.54) is 14.2 Å². The highest BCUT2D eigenvalue weighted by Gasteiger charge is 2.26. The summed E-state index contributed by atoms with van der Waals surface area (Å²) in [7, 11) is 2.84. The van der Waals surface area contributed by atoms with Gasteiger partial charge in [-0.25, -0.2) is 4.79 Å². The molecule has 0 bridgehead atoms. The van der Waals surface area contributed by atoms with Crippen molar-refractivity contribution in [1.29, 1.82) is 0 Å². The van der Waals surface area contributed by atoms with E-state index in [9.17, 15) is 14.4 Å². The van der Waals surface area contributed by atoms with Crippen molar-refractivity contribution in [3.05, 3.63) is 0 Å². The molecule has 0 radical (unpaired) electrons. The van der Waals surface area contributed by atoms with Crippen LogP contribution in [0.2, 0.25) is 0 Å². The van der Waals surface area contributed by atoms with Crippen LogP contribution in [-0.2, 0) is 14.3 Å². The molecule has 1 rings (SSSR count). The smallest absolute Gasteiger partial charge is 0.321 e. The van der Waals surface area contributed by atoms with Gasteiger partial charge in [-0.1, -0.05) is 0 Å². The Morgan fingerprint density at radius 2 is 2.11 bits per heavy atom. The van der Waals surface area contributed by atoms with Crippen molar-refractivity contribution in [2.75, 3.05) is 33.8 Å². The lowest BCUT2D eigenvalue weighted by Crippen LogP contribution is -2.42. The summed E-state index contributed by atoms with van der Waals surface area (Å²) >= 11 is 0. The number of nitrogens with zero attached hydrogens (tertiary/aromatic N) is 1. The lowest BCUT2D eigenvalue weighted by Gasteiger charge is -2.30. The fourth-order valence-electron chi connectivity index (χ4n) is 2.13. The molecule has 7 heteroatoms. The van der Waals surface area contributed by atoms with Crippen LogP contribution >= 0.6 is 0 Å². The third kappa shape index (κ3) is 5.25. The van der Waals surface area contributed by atoms with Crippen molar-refractivity contribution in [1.82, 2.24) is 15.5 Å². The zero-order chi connectivity index (χ0) is 14.3. The number of methoxy groups -OCH3 is 1. The number of urea groups is 1. The second-order valence-corrected chi connectivity index (χ2v) is 4.54. The van der Waals surface area contributed by atoms with E-state index in [-0.39, 0.29) is 24.2 Å². The Morgan fingerprint density at radius 1 is 1.37 bits per heavy atom. The molecule has 0 aromatic carbocycles. The summed E-state index contributed by atoms with van der Waals surface area (Å²) in [5.74, 6) is -0.625. The number of hydrogen-bond acceptors (Lipinski definition) is 5. The van der Waals surface area contributed by atoms with E-state index in [1.807, 2.05) is 0 Å². The summed E-state index contributed by atoms with van der Waals surface area (Å²) in [6, 6.07) is -0.504. The van der Waals surface area contributed by atoms with Gasteiger partial charge in [0.15, 0.2) is 0 Å². The van der Waals surface area contributed by atoms with Crippen LogP contribution in [0.25, 0.3) is 0 Å². The van der Waals surface area contributed by atoms with Crippen molar-refractivity contribution in [3.8, 4) is 0 Å². The van der Waals surface area contributed by atoms with Crippen molar-refractivity contribution >= 4 is 17.9 Å². The van der Waals surface area contributed by atoms with Crippen molar-refractivity contribution < 1.29 is 19.1 Å². The molecule has 2 N–H and O–H groups in total. The number of amides is 3. The van der Waals surface area contributed by atoms with Crippen LogP contribution in [0.4, 0.5) is 4.79 Å². The van der Waals surface area contributed by atoms with E-state index < -0.39 is 6.03 Å². The molecule has 0 unspecified atom stereocenters. The number of rotatable bonds is 4. The van der Waals surface area contributed by atoms with Gasteiger partial charge in [0.05, 0.1) is 13.0 Å². The number of likely N-dealkylation sites (tertiary alicyclic amines) is 1. The van der Waals surface area contributed by atoms with E-state index in [2.05, 4.69) is 15.5 Å². The van der Waals surface area contributed by atoms with Crippen LogP contribution in [0.3, 0.4) is 0 Å². The Balaban J connectivity index is 2.31. The highest BCUT2D eigenvalue weighted by atomic mass is 16.5. The minimum Gasteiger partial charge on any atom is -0.469 e. The van der Waals surface area contributed by atoms with Crippen molar-refractivity contribution in [2.45, 2.75) is 19.3 Å². The molecule has 0 aromatic heterocycles. The Labute approximate surface area is 112 Å². The first kappa shape index (κ1) is 15.4. The third-order valence-electron chi connectivity index (χ3n) is 3.18.